The van der Waals surface area contributed by atoms with Gasteiger partial charge in [-0.3, -0.25) is 4.79 Å². The third-order valence-electron chi connectivity index (χ3n) is 2.70. The molecule has 104 valence electrons. The second kappa shape index (κ2) is 5.93. The molecule has 0 aliphatic heterocycles. The molecule has 3 nitrogen and oxygen atoms in total. The number of rotatable bonds is 2. The molecule has 0 spiro atoms. The Morgan fingerprint density at radius 2 is 1.95 bits per heavy atom. The third-order valence-corrected chi connectivity index (χ3v) is 3.94. The Morgan fingerprint density at radius 3 is 2.60 bits per heavy atom. The molecule has 0 aromatic heterocycles. The molecule has 0 aliphatic carbocycles. The normalized spacial score (nSPS) is 10.4. The first kappa shape index (κ1) is 15.0. The van der Waals surface area contributed by atoms with Gasteiger partial charge in [0.15, 0.2) is 0 Å². The van der Waals surface area contributed by atoms with Crippen LogP contribution in [-0.2, 0) is 0 Å². The number of nitrogen functional groups attached to an aromatic ring is 1. The average Bonchev–Trinajstić information content (AvgIpc) is 2.36. The second-order valence-electron chi connectivity index (χ2n) is 4.27. The summed E-state index contributed by atoms with van der Waals surface area (Å²) in [4.78, 5) is 12.1. The molecule has 6 heteroatoms. The number of nitrogens with one attached hydrogen (secondary N) is 1. The average molecular weight is 402 g/mol. The number of amides is 1. The van der Waals surface area contributed by atoms with Crippen molar-refractivity contribution in [3.05, 3.63) is 56.2 Å². The molecule has 0 saturated heterocycles. The van der Waals surface area contributed by atoms with Crippen molar-refractivity contribution < 1.29 is 9.18 Å². The topological polar surface area (TPSA) is 55.1 Å². The van der Waals surface area contributed by atoms with Gasteiger partial charge in [-0.25, -0.2) is 4.39 Å². The van der Waals surface area contributed by atoms with Gasteiger partial charge in [-0.15, -0.1) is 0 Å². The summed E-state index contributed by atoms with van der Waals surface area (Å²) in [6, 6.07) is 8.09. The summed E-state index contributed by atoms with van der Waals surface area (Å²) in [5.41, 5.74) is 7.63. The van der Waals surface area contributed by atoms with E-state index < -0.39 is 11.7 Å². The minimum absolute atomic E-state index is 0.0498. The van der Waals surface area contributed by atoms with E-state index in [0.29, 0.717) is 15.8 Å². The van der Waals surface area contributed by atoms with E-state index in [1.807, 2.05) is 13.0 Å². The molecule has 0 heterocycles. The Morgan fingerprint density at radius 1 is 1.25 bits per heavy atom. The van der Waals surface area contributed by atoms with Crippen LogP contribution in [0.25, 0.3) is 0 Å². The molecule has 0 saturated carbocycles. The highest BCUT2D eigenvalue weighted by Crippen LogP contribution is 2.31. The number of hydrogen-bond acceptors (Lipinski definition) is 2. The van der Waals surface area contributed by atoms with Gasteiger partial charge in [-0.1, -0.05) is 6.07 Å². The van der Waals surface area contributed by atoms with Crippen LogP contribution in [0.4, 0.5) is 15.8 Å². The highest BCUT2D eigenvalue weighted by atomic mass is 79.9. The summed E-state index contributed by atoms with van der Waals surface area (Å²) in [5.74, 6) is -1.16. The van der Waals surface area contributed by atoms with Gasteiger partial charge in [0.05, 0.1) is 21.4 Å². The van der Waals surface area contributed by atoms with Gasteiger partial charge >= 0.3 is 0 Å². The molecule has 0 aliphatic rings. The number of carbonyl (C=O) groups is 1. The van der Waals surface area contributed by atoms with Crippen molar-refractivity contribution in [3.63, 3.8) is 0 Å². The molecule has 2 aromatic carbocycles. The van der Waals surface area contributed by atoms with E-state index in [1.54, 1.807) is 12.1 Å². The smallest absolute Gasteiger partial charge is 0.258 e. The van der Waals surface area contributed by atoms with Gasteiger partial charge in [0.2, 0.25) is 0 Å². The maximum Gasteiger partial charge on any atom is 0.258 e. The lowest BCUT2D eigenvalue weighted by molar-refractivity contribution is 0.102. The molecule has 0 atom stereocenters. The van der Waals surface area contributed by atoms with E-state index in [9.17, 15) is 9.18 Å². The molecule has 2 rings (SSSR count). The quantitative estimate of drug-likeness (QED) is 0.728. The van der Waals surface area contributed by atoms with E-state index >= 15 is 0 Å². The van der Waals surface area contributed by atoms with Gasteiger partial charge in [-0.2, -0.15) is 0 Å². The van der Waals surface area contributed by atoms with Crippen molar-refractivity contribution in [2.75, 3.05) is 11.1 Å². The minimum atomic E-state index is -0.605. The fraction of sp³-hybridized carbons (Fsp3) is 0.0714. The van der Waals surface area contributed by atoms with Crippen molar-refractivity contribution in [2.45, 2.75) is 6.92 Å². The van der Waals surface area contributed by atoms with E-state index in [-0.39, 0.29) is 10.0 Å². The Labute approximate surface area is 132 Å². The number of hydrogen-bond donors (Lipinski definition) is 2. The zero-order chi connectivity index (χ0) is 14.9. The van der Waals surface area contributed by atoms with Crippen LogP contribution < -0.4 is 11.1 Å². The molecule has 20 heavy (non-hydrogen) atoms. The summed E-state index contributed by atoms with van der Waals surface area (Å²) in [6.07, 6.45) is 0. The predicted molar refractivity (Wildman–Crippen MR) is 85.3 cm³/mol. The molecular formula is C14H11Br2FN2O. The lowest BCUT2D eigenvalue weighted by atomic mass is 10.1. The number of anilines is 2. The highest BCUT2D eigenvalue weighted by molar-refractivity contribution is 9.10. The van der Waals surface area contributed by atoms with Crippen LogP contribution in [0.3, 0.4) is 0 Å². The standard InChI is InChI=1S/C14H11Br2FN2O/c1-7-5-10(16)13(11(18)6-7)19-14(20)8-3-2-4-9(15)12(8)17/h2-6H,18H2,1H3,(H,19,20). The van der Waals surface area contributed by atoms with Crippen LogP contribution in [0.15, 0.2) is 39.3 Å². The van der Waals surface area contributed by atoms with Crippen molar-refractivity contribution in [3.8, 4) is 0 Å². The minimum Gasteiger partial charge on any atom is -0.397 e. The van der Waals surface area contributed by atoms with Crippen LogP contribution in [-0.4, -0.2) is 5.91 Å². The Hall–Kier alpha value is -1.40. The van der Waals surface area contributed by atoms with Crippen LogP contribution in [0.2, 0.25) is 0 Å². The predicted octanol–water partition coefficient (Wildman–Crippen LogP) is 4.49. The first-order chi connectivity index (χ1) is 9.40. The van der Waals surface area contributed by atoms with Crippen molar-refractivity contribution >= 4 is 49.1 Å². The van der Waals surface area contributed by atoms with Crippen LogP contribution in [0.5, 0.6) is 0 Å². The lowest BCUT2D eigenvalue weighted by Gasteiger charge is -2.12. The fourth-order valence-electron chi connectivity index (χ4n) is 1.76. The van der Waals surface area contributed by atoms with Gasteiger partial charge in [0, 0.05) is 4.47 Å². The van der Waals surface area contributed by atoms with E-state index in [2.05, 4.69) is 37.2 Å². The molecule has 1 amide bonds. The first-order valence-corrected chi connectivity index (χ1v) is 7.29. The number of benzene rings is 2. The van der Waals surface area contributed by atoms with Crippen LogP contribution >= 0.6 is 31.9 Å². The SMILES string of the molecule is Cc1cc(N)c(NC(=O)c2cccc(Br)c2F)c(Br)c1. The molecule has 0 fully saturated rings. The van der Waals surface area contributed by atoms with E-state index in [1.165, 1.54) is 12.1 Å². The second-order valence-corrected chi connectivity index (χ2v) is 5.98. The van der Waals surface area contributed by atoms with Gasteiger partial charge in [0.1, 0.15) is 5.82 Å². The number of aryl methyl sites for hydroxylation is 1. The maximum absolute atomic E-state index is 13.9. The Balaban J connectivity index is 2.36. The summed E-state index contributed by atoms with van der Waals surface area (Å²) < 4.78 is 14.8. The van der Waals surface area contributed by atoms with E-state index in [4.69, 9.17) is 5.73 Å². The van der Waals surface area contributed by atoms with E-state index in [0.717, 1.165) is 5.56 Å². The summed E-state index contributed by atoms with van der Waals surface area (Å²) >= 11 is 6.38. The largest absolute Gasteiger partial charge is 0.397 e. The number of halogens is 3. The van der Waals surface area contributed by atoms with Crippen LogP contribution in [0, 0.1) is 12.7 Å². The third kappa shape index (κ3) is 3.02. The lowest BCUT2D eigenvalue weighted by Crippen LogP contribution is -2.15. The van der Waals surface area contributed by atoms with Gasteiger partial charge in [0.25, 0.3) is 5.91 Å². The summed E-state index contributed by atoms with van der Waals surface area (Å²) in [5, 5.41) is 2.62. The Bertz CT molecular complexity index is 666. The zero-order valence-electron chi connectivity index (χ0n) is 10.5. The highest BCUT2D eigenvalue weighted by Gasteiger charge is 2.16. The maximum atomic E-state index is 13.9. The molecular weight excluding hydrogens is 391 g/mol. The molecule has 3 N–H and O–H groups in total. The monoisotopic (exact) mass is 400 g/mol. The van der Waals surface area contributed by atoms with Gasteiger partial charge < -0.3 is 11.1 Å². The molecule has 0 radical (unpaired) electrons. The zero-order valence-corrected chi connectivity index (χ0v) is 13.7. The molecule has 0 bridgehead atoms. The fourth-order valence-corrected chi connectivity index (χ4v) is 2.82. The molecule has 0 unspecified atom stereocenters. The van der Waals surface area contributed by atoms with Crippen LogP contribution in [0.1, 0.15) is 15.9 Å². The van der Waals surface area contributed by atoms with Gasteiger partial charge in [-0.05, 0) is 68.6 Å². The first-order valence-electron chi connectivity index (χ1n) is 5.71. The number of nitrogens with two attached hydrogens (primary N) is 1. The molecule has 2 aromatic rings. The van der Waals surface area contributed by atoms with Crippen molar-refractivity contribution in [1.82, 2.24) is 0 Å². The summed E-state index contributed by atoms with van der Waals surface area (Å²) in [6.45, 7) is 1.89. The number of carbonyl (C=O) groups excluding carboxylic acids is 1. The Kier molecular flexibility index (Phi) is 4.45. The van der Waals surface area contributed by atoms with Crippen molar-refractivity contribution in [1.29, 1.82) is 0 Å². The van der Waals surface area contributed by atoms with Crippen molar-refractivity contribution in [2.24, 2.45) is 0 Å². The summed E-state index contributed by atoms with van der Waals surface area (Å²) in [7, 11) is 0.